The van der Waals surface area contributed by atoms with Crippen LogP contribution in [-0.4, -0.2) is 44.4 Å². The van der Waals surface area contributed by atoms with Crippen LogP contribution < -0.4 is 5.32 Å². The third-order valence-electron chi connectivity index (χ3n) is 4.38. The predicted octanol–water partition coefficient (Wildman–Crippen LogP) is 4.03. The van der Waals surface area contributed by atoms with Gasteiger partial charge in [0, 0.05) is 18.1 Å². The maximum Gasteiger partial charge on any atom is 0.409 e. The molecule has 0 spiro atoms. The molecule has 0 bridgehead atoms. The highest BCUT2D eigenvalue weighted by atomic mass is 79.9. The van der Waals surface area contributed by atoms with Crippen LogP contribution in [0.4, 0.5) is 16.4 Å². The number of hydrogen-bond acceptors (Lipinski definition) is 5. The Balaban J connectivity index is 1.58. The van der Waals surface area contributed by atoms with Crippen LogP contribution in [0.2, 0.25) is 0 Å². The first-order chi connectivity index (χ1) is 12.3. The van der Waals surface area contributed by atoms with E-state index in [0.29, 0.717) is 12.6 Å². The summed E-state index contributed by atoms with van der Waals surface area (Å²) in [4.78, 5) is 21.3. The predicted molar refractivity (Wildman–Crippen MR) is 101 cm³/mol. The molecule has 1 aromatic carbocycles. The van der Waals surface area contributed by atoms with E-state index in [-0.39, 0.29) is 6.04 Å². The molecule has 2 heterocycles. The molecule has 1 aromatic heterocycles. The van der Waals surface area contributed by atoms with E-state index in [2.05, 4.69) is 31.2 Å². The largest absolute Gasteiger partial charge is 0.465 e. The summed E-state index contributed by atoms with van der Waals surface area (Å²) in [5.74, 6) is 0.531. The fourth-order valence-corrected chi connectivity index (χ4v) is 3.28. The van der Waals surface area contributed by atoms with Crippen molar-refractivity contribution in [3.63, 3.8) is 0 Å². The molecule has 0 aliphatic carbocycles. The molecule has 1 fully saturated rings. The minimum Gasteiger partial charge on any atom is -0.465 e. The highest BCUT2D eigenvalue weighted by Crippen LogP contribution is 2.29. The maximum atomic E-state index is 11.5. The van der Waals surface area contributed by atoms with Crippen molar-refractivity contribution < 1.29 is 14.6 Å². The summed E-state index contributed by atoms with van der Waals surface area (Å²) in [6, 6.07) is 7.84. The molecule has 1 aliphatic rings. The molecule has 0 radical (unpaired) electrons. The molecule has 2 aromatic rings. The zero-order valence-corrected chi connectivity index (χ0v) is 16.2. The van der Waals surface area contributed by atoms with Crippen LogP contribution >= 0.6 is 15.9 Å². The van der Waals surface area contributed by atoms with Gasteiger partial charge in [0.1, 0.15) is 5.72 Å². The van der Waals surface area contributed by atoms with Gasteiger partial charge in [-0.15, -0.1) is 0 Å². The molecule has 138 valence electrons. The second-order valence-electron chi connectivity index (χ2n) is 6.65. The van der Waals surface area contributed by atoms with Crippen molar-refractivity contribution in [2.24, 2.45) is 0 Å². The van der Waals surface area contributed by atoms with E-state index >= 15 is 0 Å². The van der Waals surface area contributed by atoms with Gasteiger partial charge < -0.3 is 15.2 Å². The van der Waals surface area contributed by atoms with Crippen molar-refractivity contribution in [3.8, 4) is 0 Å². The van der Waals surface area contributed by atoms with Gasteiger partial charge in [-0.1, -0.05) is 12.1 Å². The van der Waals surface area contributed by atoms with Crippen molar-refractivity contribution in [1.82, 2.24) is 14.9 Å². The number of halogens is 1. The summed E-state index contributed by atoms with van der Waals surface area (Å²) in [5, 5.41) is 12.6. The topological polar surface area (TPSA) is 87.6 Å². The minimum absolute atomic E-state index is 0.128. The first-order valence-corrected chi connectivity index (χ1v) is 9.14. The molecule has 26 heavy (non-hydrogen) atoms. The fourth-order valence-electron chi connectivity index (χ4n) is 3.08. The van der Waals surface area contributed by atoms with Gasteiger partial charge in [0.2, 0.25) is 5.95 Å². The first-order valence-electron chi connectivity index (χ1n) is 8.35. The Morgan fingerprint density at radius 1 is 1.35 bits per heavy atom. The highest BCUT2D eigenvalue weighted by molar-refractivity contribution is 9.10. The van der Waals surface area contributed by atoms with E-state index in [1.807, 2.05) is 24.3 Å². The number of aromatic nitrogens is 2. The first kappa shape index (κ1) is 18.6. The number of benzene rings is 1. The lowest BCUT2D eigenvalue weighted by Crippen LogP contribution is -2.47. The van der Waals surface area contributed by atoms with E-state index in [0.717, 1.165) is 28.6 Å². The number of rotatable bonds is 5. The minimum atomic E-state index is -0.938. The zero-order valence-electron chi connectivity index (χ0n) is 14.6. The Hall–Kier alpha value is -2.19. The molecule has 1 unspecified atom stereocenters. The lowest BCUT2D eigenvalue weighted by Gasteiger charge is -2.30. The number of hydrogen-bond donors (Lipinski definition) is 2. The summed E-state index contributed by atoms with van der Waals surface area (Å²) >= 11 is 3.30. The lowest BCUT2D eigenvalue weighted by atomic mass is 10.0. The quantitative estimate of drug-likeness (QED) is 0.758. The number of anilines is 2. The number of nitrogens with one attached hydrogen (secondary N) is 1. The Morgan fingerprint density at radius 3 is 2.62 bits per heavy atom. The zero-order chi connectivity index (χ0) is 18.7. The Kier molecular flexibility index (Phi) is 5.43. The average Bonchev–Trinajstić information content (AvgIpc) is 2.91. The standard InChI is InChI=1S/C18H21BrN4O3/c1-18(2)23(17(24)25)15(11-26-18)8-5-12-3-6-14(7-4-12)22-16-20-9-13(19)10-21-16/h3-4,6-7,9-10,15H,5,8,11H2,1-2H3,(H,24,25)(H,20,21,22). The number of aryl methyl sites for hydroxylation is 1. The number of carboxylic acid groups (broad SMARTS) is 1. The molecular formula is C18H21BrN4O3. The molecule has 0 saturated carbocycles. The summed E-state index contributed by atoms with van der Waals surface area (Å²) in [6.45, 7) is 4.00. The number of nitrogens with zero attached hydrogens (tertiary/aromatic N) is 3. The van der Waals surface area contributed by atoms with Gasteiger partial charge in [-0.3, -0.25) is 4.90 Å². The van der Waals surface area contributed by atoms with Crippen molar-refractivity contribution in [2.75, 3.05) is 11.9 Å². The lowest BCUT2D eigenvalue weighted by molar-refractivity contribution is -0.0421. The van der Waals surface area contributed by atoms with Gasteiger partial charge in [0.15, 0.2) is 0 Å². The van der Waals surface area contributed by atoms with Crippen LogP contribution in [-0.2, 0) is 11.2 Å². The molecule has 1 saturated heterocycles. The Labute approximate surface area is 160 Å². The molecule has 1 atom stereocenters. The second-order valence-corrected chi connectivity index (χ2v) is 7.57. The van der Waals surface area contributed by atoms with Gasteiger partial charge in [-0.05, 0) is 60.3 Å². The van der Waals surface area contributed by atoms with Crippen molar-refractivity contribution in [1.29, 1.82) is 0 Å². The second kappa shape index (κ2) is 7.59. The SMILES string of the molecule is CC1(C)OCC(CCc2ccc(Nc3ncc(Br)cn3)cc2)N1C(=O)O. The van der Waals surface area contributed by atoms with Crippen LogP contribution in [0.5, 0.6) is 0 Å². The van der Waals surface area contributed by atoms with E-state index < -0.39 is 11.8 Å². The van der Waals surface area contributed by atoms with E-state index in [4.69, 9.17) is 4.74 Å². The van der Waals surface area contributed by atoms with E-state index in [1.54, 1.807) is 26.2 Å². The van der Waals surface area contributed by atoms with Crippen molar-refractivity contribution in [2.45, 2.75) is 38.5 Å². The third-order valence-corrected chi connectivity index (χ3v) is 4.79. The summed E-state index contributed by atoms with van der Waals surface area (Å²) in [5.41, 5.74) is 1.27. The maximum absolute atomic E-state index is 11.5. The van der Waals surface area contributed by atoms with Gasteiger partial charge in [-0.2, -0.15) is 0 Å². The molecule has 7 nitrogen and oxygen atoms in total. The molecular weight excluding hydrogens is 400 g/mol. The number of amides is 1. The van der Waals surface area contributed by atoms with Crippen LogP contribution in [0.25, 0.3) is 0 Å². The molecule has 1 amide bonds. The van der Waals surface area contributed by atoms with E-state index in [9.17, 15) is 9.90 Å². The van der Waals surface area contributed by atoms with Gasteiger partial charge in [-0.25, -0.2) is 14.8 Å². The molecule has 2 N–H and O–H groups in total. The molecule has 1 aliphatic heterocycles. The van der Waals surface area contributed by atoms with Crippen LogP contribution in [0.1, 0.15) is 25.8 Å². The monoisotopic (exact) mass is 420 g/mol. The fraction of sp³-hybridized carbons (Fsp3) is 0.389. The Bertz CT molecular complexity index is 765. The third kappa shape index (κ3) is 4.31. The Morgan fingerprint density at radius 2 is 2.00 bits per heavy atom. The molecule has 8 heteroatoms. The number of ether oxygens (including phenoxy) is 1. The van der Waals surface area contributed by atoms with Gasteiger partial charge >= 0.3 is 6.09 Å². The van der Waals surface area contributed by atoms with Crippen molar-refractivity contribution >= 4 is 33.7 Å². The van der Waals surface area contributed by atoms with Gasteiger partial charge in [0.25, 0.3) is 0 Å². The van der Waals surface area contributed by atoms with Crippen molar-refractivity contribution in [3.05, 3.63) is 46.7 Å². The van der Waals surface area contributed by atoms with Gasteiger partial charge in [0.05, 0.1) is 17.1 Å². The average molecular weight is 421 g/mol. The van der Waals surface area contributed by atoms with Crippen LogP contribution in [0.15, 0.2) is 41.1 Å². The summed E-state index contributed by atoms with van der Waals surface area (Å²) in [6.07, 6.45) is 3.93. The molecule has 3 rings (SSSR count). The number of carbonyl (C=O) groups is 1. The van der Waals surface area contributed by atoms with Crippen LogP contribution in [0, 0.1) is 0 Å². The summed E-state index contributed by atoms with van der Waals surface area (Å²) < 4.78 is 6.45. The summed E-state index contributed by atoms with van der Waals surface area (Å²) in [7, 11) is 0. The normalized spacial score (nSPS) is 18.7. The van der Waals surface area contributed by atoms with E-state index in [1.165, 1.54) is 4.90 Å². The van der Waals surface area contributed by atoms with Crippen LogP contribution in [0.3, 0.4) is 0 Å². The highest BCUT2D eigenvalue weighted by Gasteiger charge is 2.43. The smallest absolute Gasteiger partial charge is 0.409 e.